The van der Waals surface area contributed by atoms with Gasteiger partial charge in [-0.05, 0) is 99.5 Å². The van der Waals surface area contributed by atoms with Gasteiger partial charge in [-0.15, -0.1) is 0 Å². The van der Waals surface area contributed by atoms with E-state index in [9.17, 15) is 0 Å². The van der Waals surface area contributed by atoms with Gasteiger partial charge in [0, 0.05) is 6.61 Å². The molecule has 1 aromatic rings. The van der Waals surface area contributed by atoms with Crippen LogP contribution in [-0.4, -0.2) is 6.61 Å². The van der Waals surface area contributed by atoms with Crippen molar-refractivity contribution in [2.45, 2.75) is 97.0 Å². The van der Waals surface area contributed by atoms with Gasteiger partial charge in [0.15, 0.2) is 0 Å². The summed E-state index contributed by atoms with van der Waals surface area (Å²) < 4.78 is 5.81. The van der Waals surface area contributed by atoms with Crippen LogP contribution in [0.15, 0.2) is 36.4 Å². The molecule has 0 saturated heterocycles. The molecule has 2 fully saturated rings. The van der Waals surface area contributed by atoms with Crippen LogP contribution in [0.4, 0.5) is 0 Å². The summed E-state index contributed by atoms with van der Waals surface area (Å²) >= 11 is 0. The van der Waals surface area contributed by atoms with E-state index in [-0.39, 0.29) is 0 Å². The SMILES string of the molecule is C/C=C/C1CCC(C2CCC(c3ccc(COCCCCC)cc3)CC2)CC1. The lowest BCUT2D eigenvalue weighted by molar-refractivity contribution is 0.117. The predicted molar refractivity (Wildman–Crippen MR) is 121 cm³/mol. The van der Waals surface area contributed by atoms with E-state index < -0.39 is 0 Å². The Labute approximate surface area is 174 Å². The average molecular weight is 383 g/mol. The van der Waals surface area contributed by atoms with Crippen LogP contribution in [0.5, 0.6) is 0 Å². The van der Waals surface area contributed by atoms with Gasteiger partial charge in [0.05, 0.1) is 6.61 Å². The Hall–Kier alpha value is -1.08. The summed E-state index contributed by atoms with van der Waals surface area (Å²) in [6, 6.07) is 9.34. The molecule has 0 N–H and O–H groups in total. The number of benzene rings is 1. The first-order valence-corrected chi connectivity index (χ1v) is 12.1. The monoisotopic (exact) mass is 382 g/mol. The van der Waals surface area contributed by atoms with Crippen molar-refractivity contribution < 1.29 is 4.74 Å². The van der Waals surface area contributed by atoms with Gasteiger partial charge in [0.1, 0.15) is 0 Å². The third-order valence-electron chi connectivity index (χ3n) is 7.33. The van der Waals surface area contributed by atoms with Crippen molar-refractivity contribution in [3.05, 3.63) is 47.5 Å². The van der Waals surface area contributed by atoms with E-state index in [1.807, 2.05) is 0 Å². The van der Waals surface area contributed by atoms with E-state index in [1.165, 1.54) is 76.2 Å². The standard InChI is InChI=1S/C27H42O/c1-3-5-6-20-28-21-23-10-14-25(15-11-23)27-18-16-26(17-19-27)24-12-8-22(7-4-2)9-13-24/h4,7,10-11,14-15,22,24,26-27H,3,5-6,8-9,12-13,16-21H2,1-2H3/b7-4+. The van der Waals surface area contributed by atoms with Crippen molar-refractivity contribution in [1.29, 1.82) is 0 Å². The van der Waals surface area contributed by atoms with Crippen LogP contribution in [-0.2, 0) is 11.3 Å². The fraction of sp³-hybridized carbons (Fsp3) is 0.704. The molecule has 156 valence electrons. The van der Waals surface area contributed by atoms with Gasteiger partial charge in [-0.2, -0.15) is 0 Å². The predicted octanol–water partition coefficient (Wildman–Crippen LogP) is 8.05. The molecule has 0 bridgehead atoms. The first kappa shape index (κ1) is 21.6. The minimum absolute atomic E-state index is 0.770. The molecule has 0 unspecified atom stereocenters. The molecule has 0 aromatic heterocycles. The zero-order chi connectivity index (χ0) is 19.6. The van der Waals surface area contributed by atoms with Crippen molar-refractivity contribution in [2.75, 3.05) is 6.61 Å². The van der Waals surface area contributed by atoms with E-state index in [4.69, 9.17) is 4.74 Å². The maximum Gasteiger partial charge on any atom is 0.0716 e. The maximum absolute atomic E-state index is 5.81. The second-order valence-electron chi connectivity index (χ2n) is 9.31. The maximum atomic E-state index is 5.81. The van der Waals surface area contributed by atoms with Gasteiger partial charge >= 0.3 is 0 Å². The van der Waals surface area contributed by atoms with E-state index in [0.29, 0.717) is 0 Å². The van der Waals surface area contributed by atoms with Crippen LogP contribution >= 0.6 is 0 Å². The number of allylic oxidation sites excluding steroid dienone is 2. The Bertz CT molecular complexity index is 556. The highest BCUT2D eigenvalue weighted by atomic mass is 16.5. The molecule has 0 radical (unpaired) electrons. The van der Waals surface area contributed by atoms with Crippen molar-refractivity contribution >= 4 is 0 Å². The molecule has 2 aliphatic rings. The lowest BCUT2D eigenvalue weighted by Gasteiger charge is -2.37. The van der Waals surface area contributed by atoms with Crippen molar-refractivity contribution in [1.82, 2.24) is 0 Å². The van der Waals surface area contributed by atoms with Gasteiger partial charge in [-0.1, -0.05) is 56.2 Å². The molecule has 0 amide bonds. The third-order valence-corrected chi connectivity index (χ3v) is 7.33. The third kappa shape index (κ3) is 6.48. The highest BCUT2D eigenvalue weighted by Crippen LogP contribution is 2.44. The summed E-state index contributed by atoms with van der Waals surface area (Å²) in [4.78, 5) is 0. The number of unbranched alkanes of at least 4 members (excludes halogenated alkanes) is 2. The number of hydrogen-bond acceptors (Lipinski definition) is 1. The summed E-state index contributed by atoms with van der Waals surface area (Å²) in [5.74, 6) is 3.66. The Morgan fingerprint density at radius 3 is 2.11 bits per heavy atom. The van der Waals surface area contributed by atoms with Crippen molar-refractivity contribution in [2.24, 2.45) is 17.8 Å². The smallest absolute Gasteiger partial charge is 0.0716 e. The van der Waals surface area contributed by atoms with Gasteiger partial charge in [0.2, 0.25) is 0 Å². The topological polar surface area (TPSA) is 9.23 Å². The Morgan fingerprint density at radius 1 is 0.857 bits per heavy atom. The first-order valence-electron chi connectivity index (χ1n) is 12.1. The quantitative estimate of drug-likeness (QED) is 0.310. The number of ether oxygens (including phenoxy) is 1. The molecule has 1 aromatic carbocycles. The molecule has 28 heavy (non-hydrogen) atoms. The molecular formula is C27H42O. The largest absolute Gasteiger partial charge is 0.377 e. The highest BCUT2D eigenvalue weighted by Gasteiger charge is 2.30. The molecular weight excluding hydrogens is 340 g/mol. The zero-order valence-electron chi connectivity index (χ0n) is 18.4. The van der Waals surface area contributed by atoms with Gasteiger partial charge < -0.3 is 4.74 Å². The summed E-state index contributed by atoms with van der Waals surface area (Å²) in [6.45, 7) is 6.07. The first-order chi connectivity index (χ1) is 13.8. The molecule has 0 spiro atoms. The molecule has 1 heteroatoms. The summed E-state index contributed by atoms with van der Waals surface area (Å²) in [5.41, 5.74) is 2.89. The highest BCUT2D eigenvalue weighted by molar-refractivity contribution is 5.25. The molecule has 0 heterocycles. The van der Waals surface area contributed by atoms with Crippen molar-refractivity contribution in [3.63, 3.8) is 0 Å². The van der Waals surface area contributed by atoms with Crippen LogP contribution < -0.4 is 0 Å². The summed E-state index contributed by atoms with van der Waals surface area (Å²) in [6.07, 6.45) is 19.9. The van der Waals surface area contributed by atoms with Gasteiger partial charge in [-0.3, -0.25) is 0 Å². The Kier molecular flexibility index (Phi) is 9.12. The van der Waals surface area contributed by atoms with Crippen LogP contribution in [0.2, 0.25) is 0 Å². The van der Waals surface area contributed by atoms with E-state index >= 15 is 0 Å². The fourth-order valence-electron chi connectivity index (χ4n) is 5.54. The van der Waals surface area contributed by atoms with Gasteiger partial charge in [-0.25, -0.2) is 0 Å². The normalized spacial score (nSPS) is 28.6. The molecule has 2 aliphatic carbocycles. The van der Waals surface area contributed by atoms with E-state index in [0.717, 1.165) is 36.9 Å². The molecule has 2 saturated carbocycles. The van der Waals surface area contributed by atoms with Crippen LogP contribution in [0.3, 0.4) is 0 Å². The second-order valence-corrected chi connectivity index (χ2v) is 9.31. The van der Waals surface area contributed by atoms with Gasteiger partial charge in [0.25, 0.3) is 0 Å². The minimum atomic E-state index is 0.770. The van der Waals surface area contributed by atoms with Crippen LogP contribution in [0, 0.1) is 17.8 Å². The molecule has 0 atom stereocenters. The number of rotatable bonds is 9. The molecule has 0 aliphatic heterocycles. The lowest BCUT2D eigenvalue weighted by Crippen LogP contribution is -2.25. The lowest BCUT2D eigenvalue weighted by atomic mass is 9.68. The Balaban J connectivity index is 1.39. The summed E-state index contributed by atoms with van der Waals surface area (Å²) in [5, 5.41) is 0. The molecule has 1 nitrogen and oxygen atoms in total. The average Bonchev–Trinajstić information content (AvgIpc) is 2.75. The van der Waals surface area contributed by atoms with E-state index in [1.54, 1.807) is 5.56 Å². The fourth-order valence-corrected chi connectivity index (χ4v) is 5.54. The summed E-state index contributed by atoms with van der Waals surface area (Å²) in [7, 11) is 0. The number of hydrogen-bond donors (Lipinski definition) is 0. The zero-order valence-corrected chi connectivity index (χ0v) is 18.4. The van der Waals surface area contributed by atoms with E-state index in [2.05, 4.69) is 50.3 Å². The molecule has 3 rings (SSSR count). The van der Waals surface area contributed by atoms with Crippen LogP contribution in [0.1, 0.15) is 102 Å². The Morgan fingerprint density at radius 2 is 1.50 bits per heavy atom. The minimum Gasteiger partial charge on any atom is -0.377 e. The van der Waals surface area contributed by atoms with Crippen LogP contribution in [0.25, 0.3) is 0 Å². The van der Waals surface area contributed by atoms with Crippen molar-refractivity contribution in [3.8, 4) is 0 Å². The second kappa shape index (κ2) is 11.8.